The second kappa shape index (κ2) is 25.4. The van der Waals surface area contributed by atoms with Crippen LogP contribution in [0.3, 0.4) is 0 Å². The topological polar surface area (TPSA) is 83.1 Å². The van der Waals surface area contributed by atoms with Gasteiger partial charge in [0.05, 0.1) is 99.1 Å². The lowest BCUT2D eigenvalue weighted by Crippen LogP contribution is -2.28. The molecule has 0 rings (SSSR count). The summed E-state index contributed by atoms with van der Waals surface area (Å²) in [7, 11) is 3.29. The van der Waals surface area contributed by atoms with Gasteiger partial charge >= 0.3 is 0 Å². The predicted molar refractivity (Wildman–Crippen MR) is 109 cm³/mol. The quantitative estimate of drug-likeness (QED) is 0.157. The van der Waals surface area contributed by atoms with Crippen LogP contribution in [0.4, 0.5) is 0 Å². The molecule has 0 saturated carbocycles. The minimum atomic E-state index is -0.172. The number of hydrogen-bond acceptors (Lipinski definition) is 9. The highest BCUT2D eigenvalue weighted by Crippen LogP contribution is 1.97. The van der Waals surface area contributed by atoms with E-state index in [9.17, 15) is 0 Å². The fourth-order valence-corrected chi connectivity index (χ4v) is 1.96. The molecule has 0 aliphatic rings. The van der Waals surface area contributed by atoms with Crippen molar-refractivity contribution >= 4 is 0 Å². The molecule has 0 N–H and O–H groups in total. The number of rotatable bonds is 25. The Balaban J connectivity index is 3.62. The summed E-state index contributed by atoms with van der Waals surface area (Å²) in [6, 6.07) is 0. The summed E-state index contributed by atoms with van der Waals surface area (Å²) < 4.78 is 48.2. The van der Waals surface area contributed by atoms with Crippen molar-refractivity contribution in [2.24, 2.45) is 0 Å². The molecule has 0 aliphatic heterocycles. The van der Waals surface area contributed by atoms with Crippen molar-refractivity contribution in [1.82, 2.24) is 0 Å². The SMILES string of the molecule is C=CCOCC(COCCOCCOCCOC)OCCOCCOCCOC. The first-order chi connectivity index (χ1) is 14.3. The van der Waals surface area contributed by atoms with E-state index in [1.165, 1.54) is 0 Å². The van der Waals surface area contributed by atoms with Gasteiger partial charge in [-0.25, -0.2) is 0 Å². The average Bonchev–Trinajstić information content (AvgIpc) is 2.73. The van der Waals surface area contributed by atoms with Gasteiger partial charge in [-0.05, 0) is 0 Å². The monoisotopic (exact) mass is 424 g/mol. The summed E-state index contributed by atoms with van der Waals surface area (Å²) >= 11 is 0. The van der Waals surface area contributed by atoms with Crippen LogP contribution >= 0.6 is 0 Å². The van der Waals surface area contributed by atoms with Crippen molar-refractivity contribution < 1.29 is 42.6 Å². The second-order valence-electron chi connectivity index (χ2n) is 5.83. The summed E-state index contributed by atoms with van der Waals surface area (Å²) in [4.78, 5) is 0. The molecule has 0 heterocycles. The molecule has 0 aliphatic carbocycles. The molecule has 0 fully saturated rings. The van der Waals surface area contributed by atoms with E-state index in [2.05, 4.69) is 6.58 Å². The van der Waals surface area contributed by atoms with Crippen LogP contribution in [-0.4, -0.2) is 119 Å². The third-order valence-electron chi connectivity index (χ3n) is 3.40. The molecule has 9 heteroatoms. The Labute approximate surface area is 175 Å². The van der Waals surface area contributed by atoms with Crippen molar-refractivity contribution in [2.75, 3.05) is 113 Å². The van der Waals surface area contributed by atoms with Crippen molar-refractivity contribution in [3.63, 3.8) is 0 Å². The Morgan fingerprint density at radius 2 is 0.966 bits per heavy atom. The number of methoxy groups -OCH3 is 2. The summed E-state index contributed by atoms with van der Waals surface area (Å²) in [6.45, 7) is 11.3. The van der Waals surface area contributed by atoms with Crippen LogP contribution in [-0.2, 0) is 42.6 Å². The Kier molecular flexibility index (Phi) is 24.9. The first-order valence-corrected chi connectivity index (χ1v) is 10.0. The van der Waals surface area contributed by atoms with Gasteiger partial charge < -0.3 is 42.6 Å². The highest BCUT2D eigenvalue weighted by atomic mass is 16.6. The molecule has 0 radical (unpaired) electrons. The Bertz CT molecular complexity index is 318. The standard InChI is InChI=1S/C20H40O9/c1-4-5-27-18-20(29-17-16-26-13-11-24-9-7-22-3)19-28-15-14-25-12-10-23-8-6-21-2/h4,20H,1,5-19H2,2-3H3. The lowest BCUT2D eigenvalue weighted by Gasteiger charge is -2.18. The van der Waals surface area contributed by atoms with E-state index in [1.54, 1.807) is 20.3 Å². The zero-order valence-electron chi connectivity index (χ0n) is 18.1. The van der Waals surface area contributed by atoms with E-state index in [-0.39, 0.29) is 6.10 Å². The molecular weight excluding hydrogens is 384 g/mol. The van der Waals surface area contributed by atoms with E-state index < -0.39 is 0 Å². The van der Waals surface area contributed by atoms with Crippen molar-refractivity contribution in [3.05, 3.63) is 12.7 Å². The summed E-state index contributed by atoms with van der Waals surface area (Å²) in [5.74, 6) is 0. The van der Waals surface area contributed by atoms with E-state index in [0.717, 1.165) is 0 Å². The molecule has 0 spiro atoms. The Morgan fingerprint density at radius 3 is 1.45 bits per heavy atom. The first-order valence-electron chi connectivity index (χ1n) is 10.0. The van der Waals surface area contributed by atoms with Gasteiger partial charge in [0.15, 0.2) is 0 Å². The molecule has 0 aromatic heterocycles. The third kappa shape index (κ3) is 23.5. The normalized spacial score (nSPS) is 12.3. The van der Waals surface area contributed by atoms with Crippen LogP contribution in [0.5, 0.6) is 0 Å². The maximum absolute atomic E-state index is 5.77. The Morgan fingerprint density at radius 1 is 0.552 bits per heavy atom. The van der Waals surface area contributed by atoms with Gasteiger partial charge in [-0.15, -0.1) is 6.58 Å². The average molecular weight is 425 g/mol. The minimum Gasteiger partial charge on any atom is -0.382 e. The fourth-order valence-electron chi connectivity index (χ4n) is 1.96. The second-order valence-corrected chi connectivity index (χ2v) is 5.83. The smallest absolute Gasteiger partial charge is 0.104 e. The maximum atomic E-state index is 5.77. The highest BCUT2D eigenvalue weighted by Gasteiger charge is 2.10. The fraction of sp³-hybridized carbons (Fsp3) is 0.900. The molecule has 9 nitrogen and oxygen atoms in total. The summed E-state index contributed by atoms with van der Waals surface area (Å²) in [5.41, 5.74) is 0. The minimum absolute atomic E-state index is 0.172. The van der Waals surface area contributed by atoms with E-state index in [1.807, 2.05) is 0 Å². The van der Waals surface area contributed by atoms with Gasteiger partial charge in [0.1, 0.15) is 6.10 Å². The largest absolute Gasteiger partial charge is 0.382 e. The van der Waals surface area contributed by atoms with Crippen LogP contribution in [0.15, 0.2) is 12.7 Å². The maximum Gasteiger partial charge on any atom is 0.104 e. The number of ether oxygens (including phenoxy) is 9. The third-order valence-corrected chi connectivity index (χ3v) is 3.40. The lowest BCUT2D eigenvalue weighted by molar-refractivity contribution is -0.0795. The van der Waals surface area contributed by atoms with Crippen LogP contribution in [0, 0.1) is 0 Å². The molecule has 0 bridgehead atoms. The van der Waals surface area contributed by atoms with Crippen LogP contribution < -0.4 is 0 Å². The van der Waals surface area contributed by atoms with Crippen LogP contribution in [0.25, 0.3) is 0 Å². The zero-order chi connectivity index (χ0) is 21.3. The first kappa shape index (κ1) is 28.4. The molecule has 0 saturated heterocycles. The van der Waals surface area contributed by atoms with Gasteiger partial charge in [0.25, 0.3) is 0 Å². The van der Waals surface area contributed by atoms with E-state index >= 15 is 0 Å². The van der Waals surface area contributed by atoms with Gasteiger partial charge in [0, 0.05) is 14.2 Å². The van der Waals surface area contributed by atoms with Gasteiger partial charge in [-0.3, -0.25) is 0 Å². The van der Waals surface area contributed by atoms with Gasteiger partial charge in [0.2, 0.25) is 0 Å². The highest BCUT2D eigenvalue weighted by molar-refractivity contribution is 4.65. The van der Waals surface area contributed by atoms with Crippen molar-refractivity contribution in [1.29, 1.82) is 0 Å². The molecule has 0 aromatic carbocycles. The summed E-state index contributed by atoms with van der Waals surface area (Å²) in [5, 5.41) is 0. The van der Waals surface area contributed by atoms with E-state index in [0.29, 0.717) is 99.1 Å². The van der Waals surface area contributed by atoms with Gasteiger partial charge in [-0.1, -0.05) is 6.08 Å². The molecule has 1 unspecified atom stereocenters. The molecule has 29 heavy (non-hydrogen) atoms. The molecule has 1 atom stereocenters. The lowest BCUT2D eigenvalue weighted by atomic mass is 10.4. The predicted octanol–water partition coefficient (Wildman–Crippen LogP) is 0.950. The summed E-state index contributed by atoms with van der Waals surface area (Å²) in [6.07, 6.45) is 1.53. The Hall–Kier alpha value is -0.620. The molecule has 0 aromatic rings. The molecule has 174 valence electrons. The number of hydrogen-bond donors (Lipinski definition) is 0. The van der Waals surface area contributed by atoms with Crippen LogP contribution in [0.2, 0.25) is 0 Å². The molecule has 0 amide bonds. The van der Waals surface area contributed by atoms with Crippen molar-refractivity contribution in [2.45, 2.75) is 6.10 Å². The van der Waals surface area contributed by atoms with Crippen molar-refractivity contribution in [3.8, 4) is 0 Å². The van der Waals surface area contributed by atoms with Crippen LogP contribution in [0.1, 0.15) is 0 Å². The van der Waals surface area contributed by atoms with E-state index in [4.69, 9.17) is 42.6 Å². The zero-order valence-corrected chi connectivity index (χ0v) is 18.1. The van der Waals surface area contributed by atoms with Gasteiger partial charge in [-0.2, -0.15) is 0 Å². The molecular formula is C20H40O9.